The zero-order valence-electron chi connectivity index (χ0n) is 15.5. The zero-order chi connectivity index (χ0) is 20.3. The van der Waals surface area contributed by atoms with Gasteiger partial charge in [-0.05, 0) is 44.1 Å². The van der Waals surface area contributed by atoms with Gasteiger partial charge in [0.1, 0.15) is 10.7 Å². The fourth-order valence-corrected chi connectivity index (χ4v) is 4.11. The molecule has 11 heteroatoms. The van der Waals surface area contributed by atoms with Gasteiger partial charge < -0.3 is 20.9 Å². The van der Waals surface area contributed by atoms with Crippen molar-refractivity contribution in [1.82, 2.24) is 25.0 Å². The summed E-state index contributed by atoms with van der Waals surface area (Å²) in [6.07, 6.45) is 3.94. The first-order valence-corrected chi connectivity index (χ1v) is 10.0. The molecule has 3 amide bonds. The van der Waals surface area contributed by atoms with E-state index in [9.17, 15) is 14.4 Å². The van der Waals surface area contributed by atoms with Crippen LogP contribution in [0.5, 0.6) is 0 Å². The van der Waals surface area contributed by atoms with E-state index in [1.165, 1.54) is 24.9 Å². The van der Waals surface area contributed by atoms with E-state index in [1.54, 1.807) is 6.92 Å². The van der Waals surface area contributed by atoms with Crippen molar-refractivity contribution in [2.45, 2.75) is 38.6 Å². The number of carbonyl (C=O) groups excluding carboxylic acids is 3. The normalized spacial score (nSPS) is 19.1. The molecule has 3 rings (SSSR count). The molecule has 0 radical (unpaired) electrons. The number of carbonyl (C=O) groups is 3. The summed E-state index contributed by atoms with van der Waals surface area (Å²) in [6.45, 7) is 1.79. The number of hydrogen-bond donors (Lipinski definition) is 4. The largest absolute Gasteiger partial charge is 0.354 e. The molecule has 0 saturated heterocycles. The van der Waals surface area contributed by atoms with Crippen LogP contribution in [0.2, 0.25) is 5.02 Å². The lowest BCUT2D eigenvalue weighted by Gasteiger charge is -2.28. The van der Waals surface area contributed by atoms with Gasteiger partial charge in [0, 0.05) is 19.0 Å². The highest BCUT2D eigenvalue weighted by atomic mass is 35.5. The Morgan fingerprint density at radius 1 is 1.21 bits per heavy atom. The summed E-state index contributed by atoms with van der Waals surface area (Å²) in [4.78, 5) is 43.3. The van der Waals surface area contributed by atoms with Crippen molar-refractivity contribution in [3.8, 4) is 0 Å². The van der Waals surface area contributed by atoms with Crippen LogP contribution in [0.15, 0.2) is 6.33 Å². The van der Waals surface area contributed by atoms with Crippen molar-refractivity contribution in [2.24, 2.45) is 5.92 Å². The number of nitrogens with zero attached hydrogens (tertiary/aromatic N) is 2. The van der Waals surface area contributed by atoms with Gasteiger partial charge in [-0.1, -0.05) is 11.6 Å². The lowest BCUT2D eigenvalue weighted by Crippen LogP contribution is -2.40. The second kappa shape index (κ2) is 8.70. The lowest BCUT2D eigenvalue weighted by molar-refractivity contribution is -0.120. The second-order valence-electron chi connectivity index (χ2n) is 6.63. The third-order valence-corrected chi connectivity index (χ3v) is 6.20. The highest BCUT2D eigenvalue weighted by Gasteiger charge is 2.29. The molecule has 1 aliphatic rings. The number of aromatic amines is 1. The molecule has 4 N–H and O–H groups in total. The van der Waals surface area contributed by atoms with Crippen LogP contribution in [-0.2, 0) is 4.79 Å². The van der Waals surface area contributed by atoms with E-state index in [1.807, 2.05) is 0 Å². The summed E-state index contributed by atoms with van der Waals surface area (Å²) in [7, 11) is 1.48. The van der Waals surface area contributed by atoms with Crippen molar-refractivity contribution < 1.29 is 14.4 Å². The van der Waals surface area contributed by atoms with Gasteiger partial charge in [0.05, 0.1) is 17.0 Å². The molecule has 2 aromatic heterocycles. The third kappa shape index (κ3) is 4.33. The van der Waals surface area contributed by atoms with Gasteiger partial charge in [-0.3, -0.25) is 14.4 Å². The molecule has 0 aliphatic heterocycles. The molecule has 0 atom stereocenters. The van der Waals surface area contributed by atoms with E-state index >= 15 is 0 Å². The Labute approximate surface area is 170 Å². The van der Waals surface area contributed by atoms with Crippen LogP contribution >= 0.6 is 23.1 Å². The van der Waals surface area contributed by atoms with Gasteiger partial charge in [-0.2, -0.15) is 4.37 Å². The molecule has 2 aromatic rings. The first kappa shape index (κ1) is 20.3. The summed E-state index contributed by atoms with van der Waals surface area (Å²) in [5.74, 6) is -1.03. The predicted molar refractivity (Wildman–Crippen MR) is 106 cm³/mol. The maximum Gasteiger partial charge on any atom is 0.272 e. The molecular formula is C17H21ClN6O3S. The van der Waals surface area contributed by atoms with Crippen LogP contribution in [0.3, 0.4) is 0 Å². The third-order valence-electron chi connectivity index (χ3n) is 4.77. The van der Waals surface area contributed by atoms with E-state index in [-0.39, 0.29) is 29.3 Å². The maximum atomic E-state index is 12.5. The Morgan fingerprint density at radius 2 is 1.93 bits per heavy atom. The van der Waals surface area contributed by atoms with E-state index in [0.717, 1.165) is 0 Å². The molecule has 0 aromatic carbocycles. The number of rotatable bonds is 5. The summed E-state index contributed by atoms with van der Waals surface area (Å²) >= 11 is 7.28. The standard InChI is InChI=1S/C17H21ClN6O3S/c1-8-11(18)17(28-24-8)23-14(25)9-3-5-10(6-4-9)22-16(27)13-12(15(26)19-2)20-7-21-13/h7,9-10H,3-6H2,1-2H3,(H,19,26)(H,20,21)(H,22,27)(H,23,25). The Balaban J connectivity index is 1.52. The van der Waals surface area contributed by atoms with Crippen LogP contribution in [0.4, 0.5) is 5.00 Å². The SMILES string of the molecule is CNC(=O)c1[nH]cnc1C(=O)NC1CCC(C(=O)Nc2snc(C)c2Cl)CC1. The van der Waals surface area contributed by atoms with Crippen LogP contribution in [-0.4, -0.2) is 45.2 Å². The number of nitrogens with one attached hydrogen (secondary N) is 4. The molecule has 28 heavy (non-hydrogen) atoms. The minimum Gasteiger partial charge on any atom is -0.354 e. The number of aryl methyl sites for hydroxylation is 1. The van der Waals surface area contributed by atoms with Gasteiger partial charge >= 0.3 is 0 Å². The molecule has 150 valence electrons. The molecule has 0 unspecified atom stereocenters. The molecule has 1 fully saturated rings. The lowest BCUT2D eigenvalue weighted by atomic mass is 9.85. The highest BCUT2D eigenvalue weighted by molar-refractivity contribution is 7.11. The Kier molecular flexibility index (Phi) is 6.30. The van der Waals surface area contributed by atoms with Crippen molar-refractivity contribution >= 4 is 45.9 Å². The van der Waals surface area contributed by atoms with Gasteiger partial charge in [-0.25, -0.2) is 4.98 Å². The smallest absolute Gasteiger partial charge is 0.272 e. The van der Waals surface area contributed by atoms with Gasteiger partial charge in [0.25, 0.3) is 11.8 Å². The number of halogens is 1. The van der Waals surface area contributed by atoms with Crippen molar-refractivity contribution in [2.75, 3.05) is 12.4 Å². The number of anilines is 1. The maximum absolute atomic E-state index is 12.5. The molecule has 2 heterocycles. The molecule has 0 spiro atoms. The monoisotopic (exact) mass is 424 g/mol. The molecule has 9 nitrogen and oxygen atoms in total. The number of H-pyrrole nitrogens is 1. The summed E-state index contributed by atoms with van der Waals surface area (Å²) in [6, 6.07) is -0.0694. The quantitative estimate of drug-likeness (QED) is 0.584. The topological polar surface area (TPSA) is 129 Å². The van der Waals surface area contributed by atoms with Gasteiger partial charge in [-0.15, -0.1) is 0 Å². The van der Waals surface area contributed by atoms with Gasteiger partial charge in [0.15, 0.2) is 5.69 Å². The summed E-state index contributed by atoms with van der Waals surface area (Å²) < 4.78 is 4.12. The average Bonchev–Trinajstić information content (AvgIpc) is 3.30. The van der Waals surface area contributed by atoms with E-state index in [4.69, 9.17) is 11.6 Å². The highest BCUT2D eigenvalue weighted by Crippen LogP contribution is 2.31. The summed E-state index contributed by atoms with van der Waals surface area (Å²) in [5.41, 5.74) is 0.891. The van der Waals surface area contributed by atoms with E-state index < -0.39 is 11.8 Å². The number of hydrogen-bond acceptors (Lipinski definition) is 6. The second-order valence-corrected chi connectivity index (χ2v) is 7.78. The molecule has 1 aliphatic carbocycles. The first-order valence-electron chi connectivity index (χ1n) is 8.89. The van der Waals surface area contributed by atoms with Crippen LogP contribution in [0.25, 0.3) is 0 Å². The summed E-state index contributed by atoms with van der Waals surface area (Å²) in [5, 5.41) is 9.25. The Bertz CT molecular complexity index is 887. The average molecular weight is 425 g/mol. The van der Waals surface area contributed by atoms with Crippen LogP contribution < -0.4 is 16.0 Å². The van der Waals surface area contributed by atoms with Crippen molar-refractivity contribution in [3.63, 3.8) is 0 Å². The fourth-order valence-electron chi connectivity index (χ4n) is 3.17. The minimum atomic E-state index is -0.403. The number of amides is 3. The first-order chi connectivity index (χ1) is 13.4. The molecule has 0 bridgehead atoms. The van der Waals surface area contributed by atoms with Crippen LogP contribution in [0, 0.1) is 12.8 Å². The van der Waals surface area contributed by atoms with Gasteiger partial charge in [0.2, 0.25) is 5.91 Å². The van der Waals surface area contributed by atoms with E-state index in [0.29, 0.717) is 41.4 Å². The van der Waals surface area contributed by atoms with Crippen molar-refractivity contribution in [1.29, 1.82) is 0 Å². The van der Waals surface area contributed by atoms with Crippen molar-refractivity contribution in [3.05, 3.63) is 28.4 Å². The molecule has 1 saturated carbocycles. The predicted octanol–water partition coefficient (Wildman–Crippen LogP) is 2.11. The zero-order valence-corrected chi connectivity index (χ0v) is 17.0. The fraction of sp³-hybridized carbons (Fsp3) is 0.471. The van der Waals surface area contributed by atoms with E-state index in [2.05, 4.69) is 30.3 Å². The van der Waals surface area contributed by atoms with Crippen LogP contribution in [0.1, 0.15) is 52.4 Å². The molecular weight excluding hydrogens is 404 g/mol. The number of aromatic nitrogens is 3. The minimum absolute atomic E-state index is 0.0643. The Morgan fingerprint density at radius 3 is 2.54 bits per heavy atom. The Hall–Kier alpha value is -2.46. The number of imidazole rings is 1.